The number of nitrogens with two attached hydrogens (primary N) is 1. The van der Waals surface area contributed by atoms with E-state index < -0.39 is 54.6 Å². The third-order valence-electron chi connectivity index (χ3n) is 4.73. The number of aliphatic hydroxyl groups excluding tert-OH is 2. The molecule has 0 bridgehead atoms. The van der Waals surface area contributed by atoms with E-state index in [2.05, 4.69) is 39.9 Å². The Labute approximate surface area is 208 Å². The van der Waals surface area contributed by atoms with Gasteiger partial charge in [-0.3, -0.25) is 9.09 Å². The highest BCUT2D eigenvalue weighted by atomic mass is 31.3. The van der Waals surface area contributed by atoms with Gasteiger partial charge in [-0.25, -0.2) is 28.6 Å². The molecule has 1 aliphatic rings. The minimum absolute atomic E-state index is 0.000728. The van der Waals surface area contributed by atoms with Crippen LogP contribution in [0.15, 0.2) is 6.33 Å². The second kappa shape index (κ2) is 11.5. The van der Waals surface area contributed by atoms with E-state index >= 15 is 0 Å². The SMILES string of the molecule is CCCCC#Cc1nc(N)c2ncn(C3O[C@H](COP(=O)(O)OP(=O)(O)OP(=O)(O)O)[C@@H](O)[C@H]3O)c2n1. The molecule has 0 saturated carbocycles. The Balaban J connectivity index is 1.75. The van der Waals surface area contributed by atoms with Crippen molar-refractivity contribution in [2.75, 3.05) is 12.3 Å². The summed E-state index contributed by atoms with van der Waals surface area (Å²) < 4.78 is 52.5. The lowest BCUT2D eigenvalue weighted by Gasteiger charge is -2.19. The number of imidazole rings is 1. The van der Waals surface area contributed by atoms with E-state index in [9.17, 15) is 33.7 Å². The fourth-order valence-electron chi connectivity index (χ4n) is 3.15. The van der Waals surface area contributed by atoms with Gasteiger partial charge >= 0.3 is 23.5 Å². The van der Waals surface area contributed by atoms with E-state index in [1.807, 2.05) is 6.92 Å². The van der Waals surface area contributed by atoms with Crippen LogP contribution >= 0.6 is 23.5 Å². The summed E-state index contributed by atoms with van der Waals surface area (Å²) in [6, 6.07) is 0. The maximum atomic E-state index is 11.9. The van der Waals surface area contributed by atoms with Crippen molar-refractivity contribution in [2.24, 2.45) is 0 Å². The predicted octanol–water partition coefficient (Wildman–Crippen LogP) is -0.0873. The van der Waals surface area contributed by atoms with E-state index in [1.165, 1.54) is 10.9 Å². The van der Waals surface area contributed by atoms with Gasteiger partial charge in [-0.1, -0.05) is 19.3 Å². The van der Waals surface area contributed by atoms with E-state index in [0.29, 0.717) is 6.42 Å². The number of aliphatic hydroxyl groups is 2. The van der Waals surface area contributed by atoms with E-state index in [-0.39, 0.29) is 22.8 Å². The Hall–Kier alpha value is -1.80. The normalized spacial score (nSPS) is 25.4. The molecule has 2 aromatic rings. The summed E-state index contributed by atoms with van der Waals surface area (Å²) in [5, 5.41) is 20.9. The molecule has 3 unspecified atom stereocenters. The van der Waals surface area contributed by atoms with Crippen molar-refractivity contribution in [1.82, 2.24) is 19.5 Å². The highest BCUT2D eigenvalue weighted by Gasteiger charge is 2.47. The van der Waals surface area contributed by atoms with Crippen molar-refractivity contribution in [3.05, 3.63) is 12.2 Å². The van der Waals surface area contributed by atoms with Gasteiger partial charge in [0, 0.05) is 6.42 Å². The minimum atomic E-state index is -5.73. The van der Waals surface area contributed by atoms with Crippen molar-refractivity contribution in [3.8, 4) is 11.8 Å². The largest absolute Gasteiger partial charge is 0.490 e. The van der Waals surface area contributed by atoms with Crippen LogP contribution in [0.25, 0.3) is 11.2 Å². The lowest BCUT2D eigenvalue weighted by atomic mass is 10.1. The summed E-state index contributed by atoms with van der Waals surface area (Å²) in [7, 11) is -16.8. The molecule has 8 N–H and O–H groups in total. The van der Waals surface area contributed by atoms with Gasteiger partial charge in [0.1, 0.15) is 23.8 Å². The van der Waals surface area contributed by atoms with Crippen molar-refractivity contribution >= 4 is 40.4 Å². The van der Waals surface area contributed by atoms with Gasteiger partial charge < -0.3 is 40.3 Å². The number of ether oxygens (including phenoxy) is 1. The van der Waals surface area contributed by atoms with Crippen LogP contribution < -0.4 is 5.73 Å². The van der Waals surface area contributed by atoms with Crippen LogP contribution in [0.4, 0.5) is 5.82 Å². The number of fused-ring (bicyclic) bond motifs is 1. The van der Waals surface area contributed by atoms with Crippen LogP contribution in [0.5, 0.6) is 0 Å². The van der Waals surface area contributed by atoms with Crippen LogP contribution in [0.2, 0.25) is 0 Å². The van der Waals surface area contributed by atoms with Gasteiger partial charge in [-0.15, -0.1) is 0 Å². The van der Waals surface area contributed by atoms with Crippen molar-refractivity contribution in [2.45, 2.75) is 50.7 Å². The minimum Gasteiger partial charge on any atom is -0.387 e. The second-order valence-corrected chi connectivity index (χ2v) is 12.0. The monoisotopic (exact) mass is 587 g/mol. The Bertz CT molecular complexity index is 1340. The molecule has 1 saturated heterocycles. The molecule has 0 spiro atoms. The number of anilines is 1. The smallest absolute Gasteiger partial charge is 0.387 e. The maximum Gasteiger partial charge on any atom is 0.490 e. The fraction of sp³-hybridized carbons (Fsp3) is 0.562. The Morgan fingerprint density at radius 3 is 2.46 bits per heavy atom. The van der Waals surface area contributed by atoms with Crippen LogP contribution in [-0.2, 0) is 31.6 Å². The van der Waals surface area contributed by atoms with E-state index in [1.54, 1.807) is 0 Å². The molecule has 206 valence electrons. The first-order chi connectivity index (χ1) is 17.1. The molecule has 3 heterocycles. The lowest BCUT2D eigenvalue weighted by molar-refractivity contribution is -0.0503. The number of phosphoric ester groups is 1. The molecule has 2 aromatic heterocycles. The van der Waals surface area contributed by atoms with Gasteiger partial charge in [-0.2, -0.15) is 8.62 Å². The van der Waals surface area contributed by atoms with Crippen molar-refractivity contribution in [3.63, 3.8) is 0 Å². The molecule has 0 amide bonds. The standard InChI is InChI=1S/C16H24N5O13P3/c1-2-3-4-5-6-10-19-14(17)11-15(20-10)21(8-18-11)16-13(23)12(22)9(32-16)7-31-36(27,28)34-37(29,30)33-35(24,25)26/h8-9,12-13,16,22-23H,2-4,7H2,1H3,(H,27,28)(H,29,30)(H2,17,19,20)(H2,24,25,26)/t9-,12-,13-,16?/m1/s1. The van der Waals surface area contributed by atoms with Crippen LogP contribution in [-0.4, -0.2) is 74.2 Å². The third-order valence-corrected chi connectivity index (χ3v) is 8.54. The summed E-state index contributed by atoms with van der Waals surface area (Å²) in [5.41, 5.74) is 6.19. The number of phosphoric acid groups is 3. The first-order valence-corrected chi connectivity index (χ1v) is 14.9. The topological polar surface area (TPSA) is 279 Å². The third kappa shape index (κ3) is 7.85. The van der Waals surface area contributed by atoms with Gasteiger partial charge in [0.2, 0.25) is 5.82 Å². The van der Waals surface area contributed by atoms with Gasteiger partial charge in [0.15, 0.2) is 17.7 Å². The molecule has 1 aliphatic heterocycles. The molecule has 0 aromatic carbocycles. The Morgan fingerprint density at radius 2 is 1.81 bits per heavy atom. The number of nitrogens with zero attached hydrogens (tertiary/aromatic N) is 4. The summed E-state index contributed by atoms with van der Waals surface area (Å²) >= 11 is 0. The van der Waals surface area contributed by atoms with Crippen molar-refractivity contribution in [1.29, 1.82) is 0 Å². The zero-order chi connectivity index (χ0) is 27.6. The highest BCUT2D eigenvalue weighted by molar-refractivity contribution is 7.66. The Kier molecular flexibility index (Phi) is 9.26. The number of aromatic nitrogens is 4. The van der Waals surface area contributed by atoms with E-state index in [0.717, 1.165) is 12.8 Å². The average molecular weight is 587 g/mol. The maximum absolute atomic E-state index is 11.9. The molecule has 18 nitrogen and oxygen atoms in total. The molecular formula is C16H24N5O13P3. The molecular weight excluding hydrogens is 563 g/mol. The quantitative estimate of drug-likeness (QED) is 0.109. The number of hydrogen-bond donors (Lipinski definition) is 7. The lowest BCUT2D eigenvalue weighted by Crippen LogP contribution is -2.33. The summed E-state index contributed by atoms with van der Waals surface area (Å²) in [5.74, 6) is 5.77. The average Bonchev–Trinajstić information content (AvgIpc) is 3.29. The molecule has 3 rings (SSSR count). The first kappa shape index (κ1) is 29.8. The van der Waals surface area contributed by atoms with Gasteiger partial charge in [-0.05, 0) is 12.3 Å². The molecule has 1 fully saturated rings. The molecule has 6 atom stereocenters. The van der Waals surface area contributed by atoms with E-state index in [4.69, 9.17) is 20.3 Å². The first-order valence-electron chi connectivity index (χ1n) is 10.4. The predicted molar refractivity (Wildman–Crippen MR) is 122 cm³/mol. The number of nitrogen functional groups attached to an aromatic ring is 1. The summed E-state index contributed by atoms with van der Waals surface area (Å²) in [6.07, 6.45) is -2.53. The summed E-state index contributed by atoms with van der Waals surface area (Å²) in [6.45, 7) is 1.04. The molecule has 21 heteroatoms. The molecule has 0 aliphatic carbocycles. The summed E-state index contributed by atoms with van der Waals surface area (Å²) in [4.78, 5) is 48.3. The zero-order valence-electron chi connectivity index (χ0n) is 19.0. The fourth-order valence-corrected chi connectivity index (χ4v) is 6.18. The number of rotatable bonds is 10. The number of hydrogen-bond acceptors (Lipinski definition) is 13. The van der Waals surface area contributed by atoms with Crippen LogP contribution in [0, 0.1) is 11.8 Å². The zero-order valence-corrected chi connectivity index (χ0v) is 21.6. The second-order valence-electron chi connectivity index (χ2n) is 7.59. The molecule has 37 heavy (non-hydrogen) atoms. The Morgan fingerprint density at radius 1 is 1.11 bits per heavy atom. The number of unbranched alkanes of at least 4 members (excludes halogenated alkanes) is 2. The molecule has 0 radical (unpaired) electrons. The van der Waals surface area contributed by atoms with Gasteiger partial charge in [0.05, 0.1) is 12.9 Å². The van der Waals surface area contributed by atoms with Gasteiger partial charge in [0.25, 0.3) is 0 Å². The highest BCUT2D eigenvalue weighted by Crippen LogP contribution is 2.66. The van der Waals surface area contributed by atoms with Crippen LogP contribution in [0.3, 0.4) is 0 Å². The van der Waals surface area contributed by atoms with Crippen molar-refractivity contribution < 1.29 is 61.4 Å². The van der Waals surface area contributed by atoms with Crippen LogP contribution in [0.1, 0.15) is 38.2 Å².